The van der Waals surface area contributed by atoms with Gasteiger partial charge in [-0.05, 0) is 42.3 Å². The molecule has 5 N–H and O–H groups in total. The number of carbonyl (C=O) groups is 1. The highest BCUT2D eigenvalue weighted by Gasteiger charge is 2.37. The molecule has 6 heteroatoms. The first-order chi connectivity index (χ1) is 12.1. The van der Waals surface area contributed by atoms with Gasteiger partial charge in [-0.25, -0.2) is 0 Å². The maximum atomic E-state index is 12.3. The molecule has 2 aliphatic rings. The Morgan fingerprint density at radius 3 is 2.68 bits per heavy atom. The number of nitrogens with two attached hydrogens (primary N) is 2. The number of fused-ring (bicyclic) bond motifs is 1. The minimum atomic E-state index is -0.855. The lowest BCUT2D eigenvalue weighted by Gasteiger charge is -2.30. The van der Waals surface area contributed by atoms with Gasteiger partial charge in [-0.2, -0.15) is 0 Å². The summed E-state index contributed by atoms with van der Waals surface area (Å²) in [6.07, 6.45) is 6.64. The molecule has 1 aromatic carbocycles. The molecule has 1 saturated carbocycles. The number of benzene rings is 1. The first-order valence-corrected chi connectivity index (χ1v) is 8.87. The van der Waals surface area contributed by atoms with E-state index in [-0.39, 0.29) is 6.61 Å². The van der Waals surface area contributed by atoms with Crippen LogP contribution < -0.4 is 21.5 Å². The molecule has 0 spiro atoms. The highest BCUT2D eigenvalue weighted by atomic mass is 16.5. The summed E-state index contributed by atoms with van der Waals surface area (Å²) in [7, 11) is 1.61. The van der Waals surface area contributed by atoms with Gasteiger partial charge in [0, 0.05) is 12.0 Å². The van der Waals surface area contributed by atoms with Crippen LogP contribution in [-0.2, 0) is 16.1 Å². The van der Waals surface area contributed by atoms with Crippen molar-refractivity contribution >= 4 is 5.97 Å². The number of carbonyl (C=O) groups excluding carboxylic acids is 1. The molecule has 1 heterocycles. The van der Waals surface area contributed by atoms with E-state index in [1.807, 2.05) is 30.5 Å². The zero-order valence-corrected chi connectivity index (χ0v) is 14.6. The molecule has 2 unspecified atom stereocenters. The number of hydrogen-bond donors (Lipinski definition) is 3. The summed E-state index contributed by atoms with van der Waals surface area (Å²) >= 11 is 0. The van der Waals surface area contributed by atoms with E-state index in [2.05, 4.69) is 5.32 Å². The van der Waals surface area contributed by atoms with E-state index < -0.39 is 18.1 Å². The van der Waals surface area contributed by atoms with Crippen LogP contribution in [0.15, 0.2) is 36.0 Å². The molecule has 6 nitrogen and oxygen atoms in total. The Hall–Kier alpha value is -2.05. The third-order valence-electron chi connectivity index (χ3n) is 5.24. The molecular weight excluding hydrogens is 318 g/mol. The number of methoxy groups -OCH3 is 1. The van der Waals surface area contributed by atoms with Crippen molar-refractivity contribution < 1.29 is 14.3 Å². The molecule has 0 saturated heterocycles. The molecule has 0 amide bonds. The van der Waals surface area contributed by atoms with Gasteiger partial charge in [0.05, 0.1) is 13.2 Å². The molecule has 0 radical (unpaired) electrons. The Morgan fingerprint density at radius 2 is 1.96 bits per heavy atom. The molecule has 4 atom stereocenters. The van der Waals surface area contributed by atoms with Gasteiger partial charge in [0.1, 0.15) is 18.4 Å². The van der Waals surface area contributed by atoms with Gasteiger partial charge in [-0.3, -0.25) is 4.79 Å². The second-order valence-electron chi connectivity index (χ2n) is 6.82. The lowest BCUT2D eigenvalue weighted by Crippen LogP contribution is -2.50. The monoisotopic (exact) mass is 345 g/mol. The summed E-state index contributed by atoms with van der Waals surface area (Å²) in [5, 5.41) is 3.39. The number of rotatable bonds is 6. The minimum Gasteiger partial charge on any atom is -0.497 e. The molecule has 1 aliphatic carbocycles. The fraction of sp³-hybridized carbons (Fsp3) is 0.526. The topological polar surface area (TPSA) is 99.6 Å². The Morgan fingerprint density at radius 1 is 1.24 bits per heavy atom. The molecule has 3 rings (SSSR count). The molecule has 1 aromatic rings. The van der Waals surface area contributed by atoms with E-state index in [0.717, 1.165) is 29.7 Å². The van der Waals surface area contributed by atoms with Crippen LogP contribution in [0.5, 0.6) is 5.75 Å². The predicted molar refractivity (Wildman–Crippen MR) is 95.7 cm³/mol. The van der Waals surface area contributed by atoms with Gasteiger partial charge in [0.25, 0.3) is 0 Å². The van der Waals surface area contributed by atoms with E-state index in [1.54, 1.807) is 7.11 Å². The molecule has 0 bridgehead atoms. The van der Waals surface area contributed by atoms with Crippen LogP contribution in [0.2, 0.25) is 0 Å². The van der Waals surface area contributed by atoms with Crippen molar-refractivity contribution in [2.75, 3.05) is 7.11 Å². The smallest absolute Gasteiger partial charge is 0.325 e. The molecular formula is C19H27N3O3. The van der Waals surface area contributed by atoms with Crippen molar-refractivity contribution in [2.45, 2.75) is 50.4 Å². The molecule has 0 aromatic heterocycles. The number of esters is 1. The van der Waals surface area contributed by atoms with Crippen molar-refractivity contribution in [3.63, 3.8) is 0 Å². The largest absolute Gasteiger partial charge is 0.497 e. The van der Waals surface area contributed by atoms with Gasteiger partial charge in [0.15, 0.2) is 0 Å². The quantitative estimate of drug-likeness (QED) is 0.675. The van der Waals surface area contributed by atoms with Crippen molar-refractivity contribution in [3.05, 3.63) is 41.6 Å². The highest BCUT2D eigenvalue weighted by Crippen LogP contribution is 2.35. The number of nitrogens with one attached hydrogen (secondary N) is 1. The minimum absolute atomic E-state index is 0.173. The summed E-state index contributed by atoms with van der Waals surface area (Å²) in [5.41, 5.74) is 14.3. The first-order valence-electron chi connectivity index (χ1n) is 8.87. The zero-order chi connectivity index (χ0) is 17.8. The summed E-state index contributed by atoms with van der Waals surface area (Å²) in [5.74, 6) is 0.684. The van der Waals surface area contributed by atoms with Gasteiger partial charge in [0.2, 0.25) is 0 Å². The molecule has 25 heavy (non-hydrogen) atoms. The molecule has 136 valence electrons. The number of ether oxygens (including phenoxy) is 2. The second kappa shape index (κ2) is 7.89. The zero-order valence-electron chi connectivity index (χ0n) is 14.6. The summed E-state index contributed by atoms with van der Waals surface area (Å²) in [6, 6.07) is 6.44. The number of hydrogen-bond acceptors (Lipinski definition) is 6. The van der Waals surface area contributed by atoms with Crippen LogP contribution in [0.3, 0.4) is 0 Å². The van der Waals surface area contributed by atoms with Crippen LogP contribution in [0.25, 0.3) is 0 Å². The van der Waals surface area contributed by atoms with Crippen molar-refractivity contribution in [3.8, 4) is 5.75 Å². The van der Waals surface area contributed by atoms with E-state index in [1.165, 1.54) is 12.8 Å². The average Bonchev–Trinajstić information content (AvgIpc) is 3.09. The summed E-state index contributed by atoms with van der Waals surface area (Å²) < 4.78 is 10.5. The SMILES string of the molecule is COc1ccc(COC(=O)[C@H](N)[C@@H](N)C2=CNC3CCCCC23)cc1. The van der Waals surface area contributed by atoms with Gasteiger partial charge < -0.3 is 26.3 Å². The lowest BCUT2D eigenvalue weighted by molar-refractivity contribution is -0.146. The fourth-order valence-corrected chi connectivity index (χ4v) is 3.71. The van der Waals surface area contributed by atoms with Crippen LogP contribution >= 0.6 is 0 Å². The highest BCUT2D eigenvalue weighted by molar-refractivity contribution is 5.77. The van der Waals surface area contributed by atoms with Crippen LogP contribution in [0.4, 0.5) is 0 Å². The van der Waals surface area contributed by atoms with E-state index in [0.29, 0.717) is 12.0 Å². The van der Waals surface area contributed by atoms with Crippen molar-refractivity contribution in [1.82, 2.24) is 5.32 Å². The Bertz CT molecular complexity index is 629. The van der Waals surface area contributed by atoms with E-state index in [4.69, 9.17) is 20.9 Å². The summed E-state index contributed by atoms with van der Waals surface area (Å²) in [6.45, 7) is 0.173. The maximum Gasteiger partial charge on any atom is 0.325 e. The van der Waals surface area contributed by atoms with E-state index in [9.17, 15) is 4.79 Å². The Labute approximate surface area is 148 Å². The Balaban J connectivity index is 1.54. The molecule has 1 fully saturated rings. The van der Waals surface area contributed by atoms with Gasteiger partial charge >= 0.3 is 5.97 Å². The van der Waals surface area contributed by atoms with Crippen LogP contribution in [0.1, 0.15) is 31.2 Å². The predicted octanol–water partition coefficient (Wildman–Crippen LogP) is 1.44. The van der Waals surface area contributed by atoms with Crippen molar-refractivity contribution in [2.24, 2.45) is 17.4 Å². The van der Waals surface area contributed by atoms with E-state index >= 15 is 0 Å². The average molecular weight is 345 g/mol. The second-order valence-corrected chi connectivity index (χ2v) is 6.82. The lowest BCUT2D eigenvalue weighted by atomic mass is 9.79. The van der Waals surface area contributed by atoms with Crippen LogP contribution in [0, 0.1) is 5.92 Å². The Kier molecular flexibility index (Phi) is 5.60. The first kappa shape index (κ1) is 17.8. The van der Waals surface area contributed by atoms with Gasteiger partial charge in [-0.15, -0.1) is 0 Å². The third-order valence-corrected chi connectivity index (χ3v) is 5.24. The normalized spacial score (nSPS) is 24.5. The standard InChI is InChI=1S/C19H27N3O3/c1-24-13-8-6-12(7-9-13)11-25-19(23)18(21)17(20)15-10-22-16-5-3-2-4-14(15)16/h6-10,14,16-18,22H,2-5,11,20-21H2,1H3/t14?,16?,17-,18+/m0/s1. The molecule has 1 aliphatic heterocycles. The maximum absolute atomic E-state index is 12.3. The van der Waals surface area contributed by atoms with Gasteiger partial charge in [-0.1, -0.05) is 25.0 Å². The van der Waals surface area contributed by atoms with Crippen LogP contribution in [-0.4, -0.2) is 31.2 Å². The fourth-order valence-electron chi connectivity index (χ4n) is 3.71. The third kappa shape index (κ3) is 3.96. The summed E-state index contributed by atoms with van der Waals surface area (Å²) in [4.78, 5) is 12.3. The van der Waals surface area contributed by atoms with Crippen molar-refractivity contribution in [1.29, 1.82) is 0 Å².